The number of alkyl halides is 3. The van der Waals surface area contributed by atoms with E-state index in [0.29, 0.717) is 0 Å². The van der Waals surface area contributed by atoms with Gasteiger partial charge in [0, 0.05) is 0 Å². The fourth-order valence-corrected chi connectivity index (χ4v) is 1.16. The molecule has 8 heteroatoms. The second kappa shape index (κ2) is 3.40. The van der Waals surface area contributed by atoms with Crippen LogP contribution in [0.2, 0.25) is 0 Å². The second-order valence-corrected chi connectivity index (χ2v) is 3.53. The summed E-state index contributed by atoms with van der Waals surface area (Å²) in [7, 11) is -4.77. The molecule has 0 aromatic rings. The van der Waals surface area contributed by atoms with Crippen LogP contribution >= 0.6 is 0 Å². The van der Waals surface area contributed by atoms with Crippen LogP contribution in [0.15, 0.2) is 0 Å². The van der Waals surface area contributed by atoms with Crippen molar-refractivity contribution in [3.8, 4) is 0 Å². The summed E-state index contributed by atoms with van der Waals surface area (Å²) < 4.78 is 62.8. The van der Waals surface area contributed by atoms with Gasteiger partial charge in [0.25, 0.3) is 10.1 Å². The van der Waals surface area contributed by atoms with Crippen molar-refractivity contribution in [3.63, 3.8) is 0 Å². The summed E-state index contributed by atoms with van der Waals surface area (Å²) in [6.45, 7) is 0. The molecular weight excluding hydrogens is 201 g/mol. The number of hydrogen-bond donors (Lipinski definition) is 1. The lowest BCUT2D eigenvalue weighted by atomic mass is 10.2. The van der Waals surface area contributed by atoms with Gasteiger partial charge in [0.15, 0.2) is 0 Å². The molecule has 0 aliphatic carbocycles. The van der Waals surface area contributed by atoms with Crippen LogP contribution in [0.5, 0.6) is 0 Å². The number of carbonyl (C=O) groups is 1. The lowest BCUT2D eigenvalue weighted by Crippen LogP contribution is -2.30. The Morgan fingerprint density at radius 1 is 1.42 bits per heavy atom. The fourth-order valence-electron chi connectivity index (χ4n) is 0.438. The molecule has 0 amide bonds. The summed E-state index contributed by atoms with van der Waals surface area (Å²) >= 11 is 0. The number of carbonyl (C=O) groups excluding carboxylic acids is 1. The molecule has 0 spiro atoms. The van der Waals surface area contributed by atoms with Gasteiger partial charge in [0.1, 0.15) is 12.2 Å². The van der Waals surface area contributed by atoms with E-state index in [1.54, 1.807) is 0 Å². The van der Waals surface area contributed by atoms with Crippen molar-refractivity contribution in [3.05, 3.63) is 0 Å². The molecule has 0 aliphatic rings. The summed E-state index contributed by atoms with van der Waals surface area (Å²) in [5.74, 6) is -4.28. The van der Waals surface area contributed by atoms with Gasteiger partial charge in [-0.05, 0) is 0 Å². The second-order valence-electron chi connectivity index (χ2n) is 2.03. The normalized spacial score (nSPS) is 15.7. The number of rotatable bonds is 3. The van der Waals surface area contributed by atoms with Crippen LogP contribution in [0, 0.1) is 5.92 Å². The molecule has 0 bridgehead atoms. The van der Waals surface area contributed by atoms with E-state index in [1.165, 1.54) is 0 Å². The Morgan fingerprint density at radius 3 is 1.92 bits per heavy atom. The van der Waals surface area contributed by atoms with Gasteiger partial charge >= 0.3 is 6.18 Å². The molecule has 0 rings (SSSR count). The Morgan fingerprint density at radius 2 is 1.83 bits per heavy atom. The monoisotopic (exact) mass is 206 g/mol. The van der Waals surface area contributed by atoms with Crippen molar-refractivity contribution in [2.45, 2.75) is 6.18 Å². The first-order valence-corrected chi connectivity index (χ1v) is 4.25. The third-order valence-electron chi connectivity index (χ3n) is 0.975. The average Bonchev–Trinajstić information content (AvgIpc) is 1.78. The maximum absolute atomic E-state index is 11.6. The highest BCUT2D eigenvalue weighted by Gasteiger charge is 2.41. The minimum Gasteiger partial charge on any atom is -0.303 e. The molecule has 0 saturated heterocycles. The maximum atomic E-state index is 11.6. The van der Waals surface area contributed by atoms with Gasteiger partial charge in [-0.1, -0.05) is 0 Å². The molecule has 0 aromatic carbocycles. The summed E-state index contributed by atoms with van der Waals surface area (Å²) in [5, 5.41) is 0. The van der Waals surface area contributed by atoms with E-state index in [0.717, 1.165) is 0 Å². The molecule has 4 nitrogen and oxygen atoms in total. The number of hydrogen-bond acceptors (Lipinski definition) is 3. The van der Waals surface area contributed by atoms with Gasteiger partial charge in [-0.25, -0.2) is 0 Å². The standard InChI is InChI=1S/C4H5F3O4S/c5-4(6,7)3(1-8)2-12(9,10)11/h1,3H,2H2,(H,9,10,11). The smallest absolute Gasteiger partial charge is 0.303 e. The molecule has 12 heavy (non-hydrogen) atoms. The van der Waals surface area contributed by atoms with Crippen LogP contribution < -0.4 is 0 Å². The van der Waals surface area contributed by atoms with Gasteiger partial charge in [-0.2, -0.15) is 21.6 Å². The van der Waals surface area contributed by atoms with E-state index in [-0.39, 0.29) is 0 Å². The molecule has 0 aliphatic heterocycles. The van der Waals surface area contributed by atoms with Crippen LogP contribution in [0.4, 0.5) is 13.2 Å². The van der Waals surface area contributed by atoms with E-state index in [9.17, 15) is 26.4 Å². The summed E-state index contributed by atoms with van der Waals surface area (Å²) in [6.07, 6.45) is -5.49. The molecule has 0 fully saturated rings. The first kappa shape index (κ1) is 11.4. The van der Waals surface area contributed by atoms with Gasteiger partial charge in [-0.15, -0.1) is 0 Å². The molecule has 0 heterocycles. The van der Waals surface area contributed by atoms with Crippen molar-refractivity contribution in [1.29, 1.82) is 0 Å². The van der Waals surface area contributed by atoms with Crippen LogP contribution in [-0.4, -0.2) is 31.2 Å². The molecule has 0 aromatic heterocycles. The van der Waals surface area contributed by atoms with Crippen LogP contribution in [0.1, 0.15) is 0 Å². The SMILES string of the molecule is O=CC(CS(=O)(=O)O)C(F)(F)F. The Hall–Kier alpha value is -0.630. The summed E-state index contributed by atoms with van der Waals surface area (Å²) in [5.41, 5.74) is 0. The zero-order valence-electron chi connectivity index (χ0n) is 5.58. The van der Waals surface area contributed by atoms with E-state index in [4.69, 9.17) is 4.55 Å². The number of aldehydes is 1. The highest BCUT2D eigenvalue weighted by Crippen LogP contribution is 2.25. The topological polar surface area (TPSA) is 71.4 Å². The van der Waals surface area contributed by atoms with E-state index >= 15 is 0 Å². The zero-order valence-corrected chi connectivity index (χ0v) is 6.39. The van der Waals surface area contributed by atoms with Crippen molar-refractivity contribution in [1.82, 2.24) is 0 Å². The molecule has 0 radical (unpaired) electrons. The molecular formula is C4H5F3O4S. The van der Waals surface area contributed by atoms with Crippen molar-refractivity contribution >= 4 is 16.4 Å². The van der Waals surface area contributed by atoms with Gasteiger partial charge in [0.05, 0.1) is 5.75 Å². The lowest BCUT2D eigenvalue weighted by Gasteiger charge is -2.11. The molecule has 1 unspecified atom stereocenters. The highest BCUT2D eigenvalue weighted by molar-refractivity contribution is 7.85. The predicted octanol–water partition coefficient (Wildman–Crippen LogP) is 0.252. The van der Waals surface area contributed by atoms with Crippen molar-refractivity contribution in [2.24, 2.45) is 5.92 Å². The molecule has 1 N–H and O–H groups in total. The minimum absolute atomic E-state index is 0.562. The Labute approximate surface area is 66.1 Å². The summed E-state index contributed by atoms with van der Waals surface area (Å²) in [4.78, 5) is 9.73. The Balaban J connectivity index is 4.51. The quantitative estimate of drug-likeness (QED) is 0.530. The van der Waals surface area contributed by atoms with E-state index in [2.05, 4.69) is 0 Å². The van der Waals surface area contributed by atoms with Crippen LogP contribution in [0.3, 0.4) is 0 Å². The molecule has 1 atom stereocenters. The molecule has 72 valence electrons. The van der Waals surface area contributed by atoms with E-state index in [1.807, 2.05) is 0 Å². The maximum Gasteiger partial charge on any atom is 0.399 e. The zero-order chi connectivity index (χ0) is 9.99. The first-order chi connectivity index (χ1) is 5.17. The third kappa shape index (κ3) is 4.29. The largest absolute Gasteiger partial charge is 0.399 e. The third-order valence-corrected chi connectivity index (χ3v) is 1.76. The van der Waals surface area contributed by atoms with Gasteiger partial charge in [0.2, 0.25) is 0 Å². The van der Waals surface area contributed by atoms with Gasteiger partial charge < -0.3 is 4.79 Å². The van der Waals surface area contributed by atoms with E-state index < -0.39 is 34.3 Å². The van der Waals surface area contributed by atoms with Crippen molar-refractivity contribution in [2.75, 3.05) is 5.75 Å². The highest BCUT2D eigenvalue weighted by atomic mass is 32.2. The van der Waals surface area contributed by atoms with Crippen molar-refractivity contribution < 1.29 is 30.9 Å². The molecule has 0 saturated carbocycles. The average molecular weight is 206 g/mol. The minimum atomic E-state index is -4.93. The van der Waals surface area contributed by atoms with Gasteiger partial charge in [-0.3, -0.25) is 4.55 Å². The Bertz CT molecular complexity index is 254. The summed E-state index contributed by atoms with van der Waals surface area (Å²) in [6, 6.07) is 0. The lowest BCUT2D eigenvalue weighted by molar-refractivity contribution is -0.169. The fraction of sp³-hybridized carbons (Fsp3) is 0.750. The van der Waals surface area contributed by atoms with Crippen LogP contribution in [-0.2, 0) is 14.9 Å². The predicted molar refractivity (Wildman–Crippen MR) is 32.0 cm³/mol. The number of halogens is 3. The van der Waals surface area contributed by atoms with Crippen LogP contribution in [0.25, 0.3) is 0 Å². The Kier molecular flexibility index (Phi) is 3.22. The first-order valence-electron chi connectivity index (χ1n) is 2.64.